The van der Waals surface area contributed by atoms with Crippen LogP contribution in [0.25, 0.3) is 0 Å². The minimum absolute atomic E-state index is 0.349. The summed E-state index contributed by atoms with van der Waals surface area (Å²) in [5.41, 5.74) is 12.5. The molecule has 2 rings (SSSR count). The van der Waals surface area contributed by atoms with Gasteiger partial charge in [0.15, 0.2) is 11.6 Å². The van der Waals surface area contributed by atoms with Crippen molar-refractivity contribution in [2.75, 3.05) is 36.3 Å². The number of nitrogen functional groups attached to an aromatic ring is 1. The third-order valence-corrected chi connectivity index (χ3v) is 3.98. The molecule has 0 spiro atoms. The van der Waals surface area contributed by atoms with Crippen molar-refractivity contribution in [3.8, 4) is 5.75 Å². The predicted molar refractivity (Wildman–Crippen MR) is 112 cm³/mol. The fourth-order valence-electron chi connectivity index (χ4n) is 2.88. The predicted octanol–water partition coefficient (Wildman–Crippen LogP) is 2.94. The Bertz CT molecular complexity index is 784. The van der Waals surface area contributed by atoms with Gasteiger partial charge in [-0.05, 0) is 24.0 Å². The number of methoxy groups -OCH3 is 1. The van der Waals surface area contributed by atoms with Gasteiger partial charge in [0.05, 0.1) is 12.7 Å². The van der Waals surface area contributed by atoms with Crippen LogP contribution in [0.1, 0.15) is 38.1 Å². The van der Waals surface area contributed by atoms with Gasteiger partial charge < -0.3 is 15.4 Å². The van der Waals surface area contributed by atoms with Crippen LogP contribution in [0.2, 0.25) is 0 Å². The maximum Gasteiger partial charge on any atom is 0.273 e. The first-order valence-electron chi connectivity index (χ1n) is 9.38. The second-order valence-corrected chi connectivity index (χ2v) is 7.43. The number of hydrogen-bond acceptors (Lipinski definition) is 7. The number of nitrogens with two attached hydrogens (primary N) is 1. The van der Waals surface area contributed by atoms with Crippen molar-refractivity contribution in [2.24, 2.45) is 11.8 Å². The zero-order valence-electron chi connectivity index (χ0n) is 17.2. The molecule has 0 fully saturated rings. The van der Waals surface area contributed by atoms with Crippen LogP contribution in [0, 0.1) is 11.8 Å². The molecule has 0 radical (unpaired) electrons. The van der Waals surface area contributed by atoms with Crippen molar-refractivity contribution >= 4 is 23.2 Å². The largest absolute Gasteiger partial charge is 0.496 e. The average molecular weight is 387 g/mol. The van der Waals surface area contributed by atoms with Crippen LogP contribution >= 0.6 is 0 Å². The summed E-state index contributed by atoms with van der Waals surface area (Å²) in [7, 11) is 1.52. The molecule has 0 aliphatic carbocycles. The van der Waals surface area contributed by atoms with Gasteiger partial charge >= 0.3 is 0 Å². The summed E-state index contributed by atoms with van der Waals surface area (Å²) >= 11 is 0. The van der Waals surface area contributed by atoms with Crippen LogP contribution in [-0.4, -0.2) is 36.1 Å². The molecule has 0 bridgehead atoms. The highest BCUT2D eigenvalue weighted by Crippen LogP contribution is 2.27. The summed E-state index contributed by atoms with van der Waals surface area (Å²) in [4.78, 5) is 23.2. The first-order valence-corrected chi connectivity index (χ1v) is 9.38. The standard InChI is InChI=1S/C20H30N6O2/c1-13(2)10-26(11-14(3)4)19-17(21)18(22-12-23-19)24-25-20(27)15-8-6-7-9-16(15)28-5/h6-9,12-14H,10-11,21H2,1-5H3,(H,25,27)(H,22,23,24). The van der Waals surface area contributed by atoms with Gasteiger partial charge in [-0.15, -0.1) is 0 Å². The first kappa shape index (κ1) is 21.3. The molecule has 0 saturated heterocycles. The van der Waals surface area contributed by atoms with Crippen LogP contribution in [0.15, 0.2) is 30.6 Å². The summed E-state index contributed by atoms with van der Waals surface area (Å²) < 4.78 is 5.22. The molecule has 0 aliphatic rings. The fourth-order valence-corrected chi connectivity index (χ4v) is 2.88. The highest BCUT2D eigenvalue weighted by Gasteiger charge is 2.18. The van der Waals surface area contributed by atoms with Gasteiger partial charge in [-0.25, -0.2) is 9.97 Å². The lowest BCUT2D eigenvalue weighted by Gasteiger charge is -2.28. The summed E-state index contributed by atoms with van der Waals surface area (Å²) in [6, 6.07) is 6.97. The van der Waals surface area contributed by atoms with Crippen LogP contribution < -0.4 is 26.2 Å². The van der Waals surface area contributed by atoms with E-state index in [0.717, 1.165) is 13.1 Å². The van der Waals surface area contributed by atoms with E-state index in [1.807, 2.05) is 0 Å². The number of nitrogens with zero attached hydrogens (tertiary/aromatic N) is 3. The smallest absolute Gasteiger partial charge is 0.273 e. The SMILES string of the molecule is COc1ccccc1C(=O)NNc1ncnc(N(CC(C)C)CC(C)C)c1N. The highest BCUT2D eigenvalue weighted by atomic mass is 16.5. The average Bonchev–Trinajstić information content (AvgIpc) is 2.65. The first-order chi connectivity index (χ1) is 13.3. The second kappa shape index (κ2) is 9.77. The lowest BCUT2D eigenvalue weighted by Crippen LogP contribution is -2.34. The number of rotatable bonds is 9. The van der Waals surface area contributed by atoms with Crippen molar-refractivity contribution in [3.63, 3.8) is 0 Å². The number of carbonyl (C=O) groups excluding carboxylic acids is 1. The summed E-state index contributed by atoms with van der Waals surface area (Å²) in [5.74, 6) is 2.05. The molecule has 4 N–H and O–H groups in total. The lowest BCUT2D eigenvalue weighted by atomic mass is 10.1. The zero-order chi connectivity index (χ0) is 20.7. The lowest BCUT2D eigenvalue weighted by molar-refractivity contribution is 0.0959. The Balaban J connectivity index is 2.18. The number of ether oxygens (including phenoxy) is 1. The Morgan fingerprint density at radius 1 is 1.14 bits per heavy atom. The molecule has 0 saturated carbocycles. The van der Waals surface area contributed by atoms with E-state index in [0.29, 0.717) is 40.5 Å². The number of aromatic nitrogens is 2. The number of carbonyl (C=O) groups is 1. The Morgan fingerprint density at radius 2 is 1.79 bits per heavy atom. The zero-order valence-corrected chi connectivity index (χ0v) is 17.2. The van der Waals surface area contributed by atoms with Crippen LogP contribution in [-0.2, 0) is 0 Å². The van der Waals surface area contributed by atoms with Crippen LogP contribution in [0.3, 0.4) is 0 Å². The van der Waals surface area contributed by atoms with Crippen molar-refractivity contribution in [1.82, 2.24) is 15.4 Å². The Hall–Kier alpha value is -3.03. The van der Waals surface area contributed by atoms with Gasteiger partial charge in [0.25, 0.3) is 5.91 Å². The number of nitrogens with one attached hydrogen (secondary N) is 2. The van der Waals surface area contributed by atoms with Gasteiger partial charge in [-0.3, -0.25) is 15.6 Å². The molecule has 8 heteroatoms. The summed E-state index contributed by atoms with van der Waals surface area (Å²) in [5, 5.41) is 0. The molecule has 1 aromatic heterocycles. The van der Waals surface area contributed by atoms with Gasteiger partial charge in [-0.1, -0.05) is 39.8 Å². The molecular weight excluding hydrogens is 356 g/mol. The Morgan fingerprint density at radius 3 is 2.39 bits per heavy atom. The number of hydrazine groups is 1. The molecule has 1 amide bonds. The molecule has 2 aromatic rings. The van der Waals surface area contributed by atoms with Crippen molar-refractivity contribution < 1.29 is 9.53 Å². The van der Waals surface area contributed by atoms with E-state index in [4.69, 9.17) is 10.5 Å². The molecule has 1 aromatic carbocycles. The highest BCUT2D eigenvalue weighted by molar-refractivity contribution is 5.97. The number of anilines is 3. The number of benzene rings is 1. The van der Waals surface area contributed by atoms with Crippen LogP contribution in [0.4, 0.5) is 17.3 Å². The van der Waals surface area contributed by atoms with E-state index in [2.05, 4.69) is 53.4 Å². The van der Waals surface area contributed by atoms with Crippen molar-refractivity contribution in [1.29, 1.82) is 0 Å². The fraction of sp³-hybridized carbons (Fsp3) is 0.450. The summed E-state index contributed by atoms with van der Waals surface area (Å²) in [6.45, 7) is 10.3. The minimum Gasteiger partial charge on any atom is -0.496 e. The molecule has 1 heterocycles. The number of amides is 1. The van der Waals surface area contributed by atoms with Crippen LogP contribution in [0.5, 0.6) is 5.75 Å². The molecular formula is C20H30N6O2. The van der Waals surface area contributed by atoms with E-state index in [1.54, 1.807) is 24.3 Å². The Kier molecular flexibility index (Phi) is 7.43. The third-order valence-electron chi connectivity index (χ3n) is 3.98. The second-order valence-electron chi connectivity index (χ2n) is 7.43. The van der Waals surface area contributed by atoms with Crippen molar-refractivity contribution in [2.45, 2.75) is 27.7 Å². The summed E-state index contributed by atoms with van der Waals surface area (Å²) in [6.07, 6.45) is 1.44. The minimum atomic E-state index is -0.349. The quantitative estimate of drug-likeness (QED) is 0.569. The third kappa shape index (κ3) is 5.48. The maximum atomic E-state index is 12.5. The van der Waals surface area contributed by atoms with E-state index in [-0.39, 0.29) is 5.91 Å². The van der Waals surface area contributed by atoms with Gasteiger partial charge in [0.1, 0.15) is 17.8 Å². The molecule has 0 atom stereocenters. The van der Waals surface area contributed by atoms with Crippen molar-refractivity contribution in [3.05, 3.63) is 36.2 Å². The van der Waals surface area contributed by atoms with E-state index in [9.17, 15) is 4.79 Å². The van der Waals surface area contributed by atoms with E-state index < -0.39 is 0 Å². The Labute approximate surface area is 166 Å². The normalized spacial score (nSPS) is 10.8. The molecule has 28 heavy (non-hydrogen) atoms. The van der Waals surface area contributed by atoms with Gasteiger partial charge in [0.2, 0.25) is 0 Å². The van der Waals surface area contributed by atoms with Gasteiger partial charge in [0, 0.05) is 13.1 Å². The van der Waals surface area contributed by atoms with Gasteiger partial charge in [-0.2, -0.15) is 0 Å². The van der Waals surface area contributed by atoms with E-state index >= 15 is 0 Å². The van der Waals surface area contributed by atoms with E-state index in [1.165, 1.54) is 13.4 Å². The maximum absolute atomic E-state index is 12.5. The number of para-hydroxylation sites is 1. The topological polar surface area (TPSA) is 105 Å². The molecule has 152 valence electrons. The molecule has 0 aliphatic heterocycles. The molecule has 8 nitrogen and oxygen atoms in total. The number of hydrogen-bond donors (Lipinski definition) is 3. The molecule has 0 unspecified atom stereocenters. The monoisotopic (exact) mass is 386 g/mol.